The highest BCUT2D eigenvalue weighted by atomic mass is 35.5. The molecule has 6 nitrogen and oxygen atoms in total. The number of halogens is 1. The Hall–Kier alpha value is -3.00. The Balaban J connectivity index is 1.22. The third kappa shape index (κ3) is 5.64. The van der Waals surface area contributed by atoms with E-state index < -0.39 is 0 Å². The summed E-state index contributed by atoms with van der Waals surface area (Å²) < 4.78 is 5.41. The standard InChI is InChI=1S/C27H26ClN3O3S/c28-22-7-1-19(2-8-22)17-31-25(32)18-35-27(31)21-5-3-20(4-6-21)26(33)29-23-9-11-24(12-10-23)30-13-15-34-16-14-30/h1-12,27H,13-18H2,(H,29,33)/t27-/m0/s1. The average molecular weight is 508 g/mol. The zero-order chi connectivity index (χ0) is 24.2. The summed E-state index contributed by atoms with van der Waals surface area (Å²) in [6.45, 7) is 3.75. The predicted molar refractivity (Wildman–Crippen MR) is 141 cm³/mol. The molecule has 2 saturated heterocycles. The maximum atomic E-state index is 12.8. The van der Waals surface area contributed by atoms with Gasteiger partial charge in [0, 0.05) is 41.6 Å². The van der Waals surface area contributed by atoms with Crippen molar-refractivity contribution in [3.8, 4) is 0 Å². The summed E-state index contributed by atoms with van der Waals surface area (Å²) in [6.07, 6.45) is 0. The van der Waals surface area contributed by atoms with Crippen LogP contribution in [0.3, 0.4) is 0 Å². The molecule has 2 fully saturated rings. The first kappa shape index (κ1) is 23.7. The van der Waals surface area contributed by atoms with E-state index in [0.29, 0.717) is 22.9 Å². The van der Waals surface area contributed by atoms with Gasteiger partial charge in [0.2, 0.25) is 5.91 Å². The molecule has 1 atom stereocenters. The molecule has 0 aromatic heterocycles. The van der Waals surface area contributed by atoms with Crippen LogP contribution in [0.2, 0.25) is 5.02 Å². The lowest BCUT2D eigenvalue weighted by atomic mass is 10.1. The highest BCUT2D eigenvalue weighted by Gasteiger charge is 2.32. The molecule has 3 aromatic rings. The van der Waals surface area contributed by atoms with Crippen LogP contribution in [-0.4, -0.2) is 48.8 Å². The van der Waals surface area contributed by atoms with Gasteiger partial charge in [-0.1, -0.05) is 35.9 Å². The van der Waals surface area contributed by atoms with E-state index in [1.807, 2.05) is 77.7 Å². The van der Waals surface area contributed by atoms with Crippen LogP contribution in [0.25, 0.3) is 0 Å². The van der Waals surface area contributed by atoms with Crippen LogP contribution in [0.15, 0.2) is 72.8 Å². The lowest BCUT2D eigenvalue weighted by Gasteiger charge is -2.28. The fourth-order valence-electron chi connectivity index (χ4n) is 4.27. The number of hydrogen-bond donors (Lipinski definition) is 1. The molecule has 180 valence electrons. The van der Waals surface area contributed by atoms with Crippen LogP contribution in [0.4, 0.5) is 11.4 Å². The van der Waals surface area contributed by atoms with Gasteiger partial charge in [-0.2, -0.15) is 0 Å². The van der Waals surface area contributed by atoms with E-state index in [4.69, 9.17) is 16.3 Å². The second-order valence-corrected chi connectivity index (χ2v) is 10.0. The number of benzene rings is 3. The Labute approximate surface area is 214 Å². The van der Waals surface area contributed by atoms with Crippen molar-refractivity contribution in [3.05, 3.63) is 94.5 Å². The number of nitrogens with zero attached hydrogens (tertiary/aromatic N) is 2. The molecule has 0 unspecified atom stereocenters. The van der Waals surface area contributed by atoms with Gasteiger partial charge in [0.15, 0.2) is 0 Å². The number of ether oxygens (including phenoxy) is 1. The van der Waals surface area contributed by atoms with E-state index in [1.54, 1.807) is 11.8 Å². The number of morpholine rings is 1. The van der Waals surface area contributed by atoms with Gasteiger partial charge in [0.25, 0.3) is 5.91 Å². The van der Waals surface area contributed by atoms with Crippen LogP contribution in [0.1, 0.15) is 26.9 Å². The van der Waals surface area contributed by atoms with Gasteiger partial charge in [0.05, 0.1) is 19.0 Å². The van der Waals surface area contributed by atoms with Crippen molar-refractivity contribution in [1.29, 1.82) is 0 Å². The number of rotatable bonds is 6. The quantitative estimate of drug-likeness (QED) is 0.496. The van der Waals surface area contributed by atoms with E-state index in [-0.39, 0.29) is 17.2 Å². The number of amides is 2. The molecular formula is C27H26ClN3O3S. The van der Waals surface area contributed by atoms with Gasteiger partial charge in [-0.05, 0) is 59.7 Å². The summed E-state index contributed by atoms with van der Waals surface area (Å²) in [4.78, 5) is 29.5. The molecule has 0 saturated carbocycles. The van der Waals surface area contributed by atoms with Crippen LogP contribution in [-0.2, 0) is 16.1 Å². The molecule has 3 aromatic carbocycles. The van der Waals surface area contributed by atoms with Crippen LogP contribution >= 0.6 is 23.4 Å². The van der Waals surface area contributed by atoms with Gasteiger partial charge in [0.1, 0.15) is 5.37 Å². The SMILES string of the molecule is O=C(Nc1ccc(N2CCOCC2)cc1)c1ccc([C@@H]2SCC(=O)N2Cc2ccc(Cl)cc2)cc1. The number of carbonyl (C=O) groups is 2. The smallest absolute Gasteiger partial charge is 0.255 e. The minimum Gasteiger partial charge on any atom is -0.378 e. The number of carbonyl (C=O) groups excluding carboxylic acids is 2. The topological polar surface area (TPSA) is 61.9 Å². The molecule has 35 heavy (non-hydrogen) atoms. The molecule has 0 bridgehead atoms. The normalized spacial score (nSPS) is 18.1. The average Bonchev–Trinajstić information content (AvgIpc) is 3.26. The zero-order valence-electron chi connectivity index (χ0n) is 19.2. The van der Waals surface area contributed by atoms with Crippen LogP contribution in [0, 0.1) is 0 Å². The Morgan fingerprint density at radius 2 is 1.66 bits per heavy atom. The van der Waals surface area contributed by atoms with E-state index in [1.165, 1.54) is 0 Å². The molecular weight excluding hydrogens is 482 g/mol. The third-order valence-corrected chi connectivity index (χ3v) is 7.70. The Morgan fingerprint density at radius 1 is 0.971 bits per heavy atom. The lowest BCUT2D eigenvalue weighted by molar-refractivity contribution is -0.128. The lowest BCUT2D eigenvalue weighted by Crippen LogP contribution is -2.36. The van der Waals surface area contributed by atoms with Crippen molar-refractivity contribution in [2.45, 2.75) is 11.9 Å². The molecule has 8 heteroatoms. The predicted octanol–water partition coefficient (Wildman–Crippen LogP) is 5.20. The monoisotopic (exact) mass is 507 g/mol. The molecule has 0 aliphatic carbocycles. The van der Waals surface area contributed by atoms with Gasteiger partial charge >= 0.3 is 0 Å². The van der Waals surface area contributed by atoms with Gasteiger partial charge < -0.3 is 19.9 Å². The van der Waals surface area contributed by atoms with Crippen LogP contribution < -0.4 is 10.2 Å². The van der Waals surface area contributed by atoms with E-state index >= 15 is 0 Å². The first-order chi connectivity index (χ1) is 17.1. The Bertz CT molecular complexity index is 1180. The van der Waals surface area contributed by atoms with Crippen molar-refractivity contribution >= 4 is 46.6 Å². The van der Waals surface area contributed by atoms with Crippen molar-refractivity contribution in [3.63, 3.8) is 0 Å². The maximum Gasteiger partial charge on any atom is 0.255 e. The highest BCUT2D eigenvalue weighted by molar-refractivity contribution is 8.00. The first-order valence-electron chi connectivity index (χ1n) is 11.6. The van der Waals surface area contributed by atoms with E-state index in [9.17, 15) is 9.59 Å². The molecule has 5 rings (SSSR count). The molecule has 0 radical (unpaired) electrons. The number of thioether (sulfide) groups is 1. The third-order valence-electron chi connectivity index (χ3n) is 6.19. The zero-order valence-corrected chi connectivity index (χ0v) is 20.7. The van der Waals surface area contributed by atoms with Crippen molar-refractivity contribution < 1.29 is 14.3 Å². The molecule has 2 aliphatic rings. The molecule has 2 aliphatic heterocycles. The Kier molecular flexibility index (Phi) is 7.27. The summed E-state index contributed by atoms with van der Waals surface area (Å²) in [5.41, 5.74) is 4.49. The minimum absolute atomic E-state index is 0.0805. The molecule has 0 spiro atoms. The van der Waals surface area contributed by atoms with E-state index in [2.05, 4.69) is 10.2 Å². The molecule has 1 N–H and O–H groups in total. The summed E-state index contributed by atoms with van der Waals surface area (Å²) in [7, 11) is 0. The van der Waals surface area contributed by atoms with Crippen LogP contribution in [0.5, 0.6) is 0 Å². The van der Waals surface area contributed by atoms with Gasteiger partial charge in [-0.25, -0.2) is 0 Å². The molecule has 2 heterocycles. The summed E-state index contributed by atoms with van der Waals surface area (Å²) in [6, 6.07) is 22.9. The van der Waals surface area contributed by atoms with E-state index in [0.717, 1.165) is 48.8 Å². The minimum atomic E-state index is -0.163. The maximum absolute atomic E-state index is 12.8. The first-order valence-corrected chi connectivity index (χ1v) is 13.0. The fraction of sp³-hybridized carbons (Fsp3) is 0.259. The number of nitrogens with one attached hydrogen (secondary N) is 1. The summed E-state index contributed by atoms with van der Waals surface area (Å²) >= 11 is 7.59. The fourth-order valence-corrected chi connectivity index (χ4v) is 5.58. The van der Waals surface area contributed by atoms with Gasteiger partial charge in [-0.3, -0.25) is 9.59 Å². The van der Waals surface area contributed by atoms with Crippen molar-refractivity contribution in [2.24, 2.45) is 0 Å². The largest absolute Gasteiger partial charge is 0.378 e. The second-order valence-electron chi connectivity index (χ2n) is 8.53. The van der Waals surface area contributed by atoms with Crippen molar-refractivity contribution in [2.75, 3.05) is 42.3 Å². The van der Waals surface area contributed by atoms with Crippen molar-refractivity contribution in [1.82, 2.24) is 4.90 Å². The Morgan fingerprint density at radius 3 is 2.34 bits per heavy atom. The second kappa shape index (κ2) is 10.7. The number of anilines is 2. The summed E-state index contributed by atoms with van der Waals surface area (Å²) in [5, 5.41) is 3.56. The summed E-state index contributed by atoms with van der Waals surface area (Å²) in [5.74, 6) is 0.391. The number of hydrogen-bond acceptors (Lipinski definition) is 5. The molecule has 2 amide bonds. The highest BCUT2D eigenvalue weighted by Crippen LogP contribution is 2.39. The van der Waals surface area contributed by atoms with Gasteiger partial charge in [-0.15, -0.1) is 11.8 Å².